The normalized spacial score (nSPS) is 26.1. The number of amidine groups is 1. The average molecular weight is 243 g/mol. The summed E-state index contributed by atoms with van der Waals surface area (Å²) in [4.78, 5) is 4.68. The zero-order chi connectivity index (χ0) is 12.8. The molecule has 1 heterocycles. The van der Waals surface area contributed by atoms with Crippen molar-refractivity contribution in [3.8, 4) is 0 Å². The molecule has 0 aromatic carbocycles. The Morgan fingerprint density at radius 1 is 1.53 bits per heavy atom. The molecule has 1 saturated heterocycles. The van der Waals surface area contributed by atoms with Crippen LogP contribution in [0.4, 0.5) is 0 Å². The van der Waals surface area contributed by atoms with E-state index in [4.69, 9.17) is 10.9 Å². The number of oxime groups is 1. The van der Waals surface area contributed by atoms with Crippen LogP contribution in [0.15, 0.2) is 5.16 Å². The largest absolute Gasteiger partial charge is 0.409 e. The standard InChI is InChI=1S/C11H25N5O/c1-4-10(11(12)14-17)13-7-9-8-15(2)5-6-16(9)3/h9-10,13,17H,4-8H2,1-3H3,(H2,12,14). The molecule has 1 rings (SSSR count). The molecular weight excluding hydrogens is 218 g/mol. The van der Waals surface area contributed by atoms with E-state index in [1.165, 1.54) is 0 Å². The molecule has 0 aromatic heterocycles. The van der Waals surface area contributed by atoms with Crippen molar-refractivity contribution in [2.24, 2.45) is 10.9 Å². The fourth-order valence-electron chi connectivity index (χ4n) is 2.13. The Balaban J connectivity index is 2.42. The van der Waals surface area contributed by atoms with Crippen LogP contribution in [0.2, 0.25) is 0 Å². The molecule has 6 nitrogen and oxygen atoms in total. The van der Waals surface area contributed by atoms with Crippen molar-refractivity contribution in [2.45, 2.75) is 25.4 Å². The van der Waals surface area contributed by atoms with Crippen molar-refractivity contribution in [2.75, 3.05) is 40.3 Å². The molecule has 0 saturated carbocycles. The van der Waals surface area contributed by atoms with E-state index in [-0.39, 0.29) is 11.9 Å². The monoisotopic (exact) mass is 243 g/mol. The number of nitrogens with zero attached hydrogens (tertiary/aromatic N) is 3. The van der Waals surface area contributed by atoms with Crippen LogP contribution in [0.5, 0.6) is 0 Å². The van der Waals surface area contributed by atoms with Crippen LogP contribution in [-0.2, 0) is 0 Å². The highest BCUT2D eigenvalue weighted by atomic mass is 16.4. The molecule has 0 amide bonds. The van der Waals surface area contributed by atoms with Gasteiger partial charge in [-0.3, -0.25) is 4.90 Å². The summed E-state index contributed by atoms with van der Waals surface area (Å²) in [6.07, 6.45) is 0.822. The van der Waals surface area contributed by atoms with Gasteiger partial charge in [0.05, 0.1) is 6.04 Å². The molecule has 6 heteroatoms. The Bertz CT molecular complexity index is 258. The van der Waals surface area contributed by atoms with E-state index in [1.807, 2.05) is 6.92 Å². The van der Waals surface area contributed by atoms with Crippen molar-refractivity contribution in [1.29, 1.82) is 0 Å². The summed E-state index contributed by atoms with van der Waals surface area (Å²) < 4.78 is 0. The zero-order valence-electron chi connectivity index (χ0n) is 11.1. The summed E-state index contributed by atoms with van der Waals surface area (Å²) in [5.41, 5.74) is 5.62. The zero-order valence-corrected chi connectivity index (χ0v) is 11.1. The van der Waals surface area contributed by atoms with Gasteiger partial charge in [-0.15, -0.1) is 0 Å². The Labute approximate surface area is 103 Å². The van der Waals surface area contributed by atoms with Crippen LogP contribution in [-0.4, -0.2) is 73.2 Å². The van der Waals surface area contributed by atoms with Gasteiger partial charge < -0.3 is 21.2 Å². The molecule has 2 atom stereocenters. The van der Waals surface area contributed by atoms with Crippen LogP contribution in [0.25, 0.3) is 0 Å². The van der Waals surface area contributed by atoms with Gasteiger partial charge in [0.1, 0.15) is 0 Å². The van der Waals surface area contributed by atoms with Gasteiger partial charge in [-0.2, -0.15) is 0 Å². The highest BCUT2D eigenvalue weighted by molar-refractivity contribution is 5.85. The average Bonchev–Trinajstić information content (AvgIpc) is 2.33. The minimum absolute atomic E-state index is 0.0411. The van der Waals surface area contributed by atoms with Gasteiger partial charge in [0, 0.05) is 32.2 Å². The second-order valence-corrected chi connectivity index (χ2v) is 4.79. The molecule has 1 aliphatic rings. The lowest BCUT2D eigenvalue weighted by molar-refractivity contribution is 0.112. The second kappa shape index (κ2) is 6.78. The first-order valence-corrected chi connectivity index (χ1v) is 6.18. The lowest BCUT2D eigenvalue weighted by atomic mass is 10.1. The highest BCUT2D eigenvalue weighted by Crippen LogP contribution is 2.05. The third kappa shape index (κ3) is 4.14. The minimum atomic E-state index is -0.0411. The van der Waals surface area contributed by atoms with Crippen molar-refractivity contribution in [3.63, 3.8) is 0 Å². The van der Waals surface area contributed by atoms with Gasteiger partial charge >= 0.3 is 0 Å². The number of rotatable bonds is 5. The smallest absolute Gasteiger partial charge is 0.156 e. The van der Waals surface area contributed by atoms with Gasteiger partial charge in [0.15, 0.2) is 5.84 Å². The van der Waals surface area contributed by atoms with Crippen LogP contribution < -0.4 is 11.1 Å². The summed E-state index contributed by atoms with van der Waals surface area (Å²) in [5.74, 6) is 0.263. The van der Waals surface area contributed by atoms with E-state index in [0.717, 1.165) is 32.6 Å². The van der Waals surface area contributed by atoms with Crippen molar-refractivity contribution < 1.29 is 5.21 Å². The van der Waals surface area contributed by atoms with E-state index in [0.29, 0.717) is 6.04 Å². The molecule has 0 radical (unpaired) electrons. The quantitative estimate of drug-likeness (QED) is 0.259. The van der Waals surface area contributed by atoms with Crippen LogP contribution in [0.1, 0.15) is 13.3 Å². The number of hydrogen-bond donors (Lipinski definition) is 3. The first-order valence-electron chi connectivity index (χ1n) is 6.18. The van der Waals surface area contributed by atoms with E-state index in [2.05, 4.69) is 34.4 Å². The lowest BCUT2D eigenvalue weighted by Crippen LogP contribution is -2.56. The molecule has 0 aliphatic carbocycles. The molecule has 0 spiro atoms. The SMILES string of the molecule is CCC(NCC1CN(C)CCN1C)C(N)=NO. The fourth-order valence-corrected chi connectivity index (χ4v) is 2.13. The van der Waals surface area contributed by atoms with Gasteiger partial charge in [-0.25, -0.2) is 0 Å². The maximum absolute atomic E-state index is 8.67. The third-order valence-electron chi connectivity index (χ3n) is 3.46. The molecule has 1 fully saturated rings. The molecule has 17 heavy (non-hydrogen) atoms. The molecule has 4 N–H and O–H groups in total. The molecule has 2 unspecified atom stereocenters. The van der Waals surface area contributed by atoms with E-state index >= 15 is 0 Å². The molecule has 0 aromatic rings. The summed E-state index contributed by atoms with van der Waals surface area (Å²) in [6.45, 7) is 6.13. The maximum atomic E-state index is 8.67. The lowest BCUT2D eigenvalue weighted by Gasteiger charge is -2.38. The summed E-state index contributed by atoms with van der Waals surface area (Å²) in [7, 11) is 4.28. The molecule has 1 aliphatic heterocycles. The first-order chi connectivity index (χ1) is 8.08. The van der Waals surface area contributed by atoms with Crippen LogP contribution >= 0.6 is 0 Å². The van der Waals surface area contributed by atoms with Crippen molar-refractivity contribution in [1.82, 2.24) is 15.1 Å². The Morgan fingerprint density at radius 3 is 2.82 bits per heavy atom. The number of nitrogens with two attached hydrogens (primary N) is 1. The van der Waals surface area contributed by atoms with Crippen molar-refractivity contribution >= 4 is 5.84 Å². The van der Waals surface area contributed by atoms with E-state index < -0.39 is 0 Å². The van der Waals surface area contributed by atoms with Gasteiger partial charge in [-0.05, 0) is 20.5 Å². The Hall–Kier alpha value is -0.850. The summed E-state index contributed by atoms with van der Waals surface area (Å²) in [5, 5.41) is 15.1. The second-order valence-electron chi connectivity index (χ2n) is 4.79. The predicted octanol–water partition coefficient (Wildman–Crippen LogP) is -0.653. The molecule has 100 valence electrons. The first kappa shape index (κ1) is 14.2. The number of piperazine rings is 1. The number of hydrogen-bond acceptors (Lipinski definition) is 5. The fraction of sp³-hybridized carbons (Fsp3) is 0.909. The van der Waals surface area contributed by atoms with Gasteiger partial charge in [0.2, 0.25) is 0 Å². The molecule has 0 bridgehead atoms. The molecular formula is C11H25N5O. The third-order valence-corrected chi connectivity index (χ3v) is 3.46. The van der Waals surface area contributed by atoms with E-state index in [1.54, 1.807) is 0 Å². The van der Waals surface area contributed by atoms with E-state index in [9.17, 15) is 0 Å². The maximum Gasteiger partial charge on any atom is 0.156 e. The minimum Gasteiger partial charge on any atom is -0.409 e. The van der Waals surface area contributed by atoms with Crippen molar-refractivity contribution in [3.05, 3.63) is 0 Å². The number of likely N-dealkylation sites (N-methyl/N-ethyl adjacent to an activating group) is 2. The Morgan fingerprint density at radius 2 is 2.24 bits per heavy atom. The van der Waals surface area contributed by atoms with Crippen LogP contribution in [0.3, 0.4) is 0 Å². The number of nitrogens with one attached hydrogen (secondary N) is 1. The topological polar surface area (TPSA) is 77.1 Å². The summed E-state index contributed by atoms with van der Waals surface area (Å²) >= 11 is 0. The highest BCUT2D eigenvalue weighted by Gasteiger charge is 2.23. The van der Waals surface area contributed by atoms with Crippen LogP contribution in [0, 0.1) is 0 Å². The predicted molar refractivity (Wildman–Crippen MR) is 69.4 cm³/mol. The summed E-state index contributed by atoms with van der Waals surface area (Å²) in [6, 6.07) is 0.440. The van der Waals surface area contributed by atoms with Gasteiger partial charge in [-0.1, -0.05) is 12.1 Å². The Kier molecular flexibility index (Phi) is 5.67. The van der Waals surface area contributed by atoms with Gasteiger partial charge in [0.25, 0.3) is 0 Å².